The molecule has 0 atom stereocenters. The van der Waals surface area contributed by atoms with E-state index in [9.17, 15) is 10.1 Å². The Bertz CT molecular complexity index is 705. The summed E-state index contributed by atoms with van der Waals surface area (Å²) in [5.41, 5.74) is 0.982. The highest BCUT2D eigenvalue weighted by molar-refractivity contribution is 5.80. The van der Waals surface area contributed by atoms with Crippen molar-refractivity contribution >= 4 is 16.6 Å². The van der Waals surface area contributed by atoms with E-state index in [2.05, 4.69) is 16.9 Å². The van der Waals surface area contributed by atoms with Gasteiger partial charge in [-0.2, -0.15) is 5.10 Å². The number of non-ortho nitro benzene ring substituents is 1. The predicted molar refractivity (Wildman–Crippen MR) is 99.7 cm³/mol. The Kier molecular flexibility index (Phi) is 6.02. The molecule has 1 fully saturated rings. The molecule has 6 heteroatoms. The van der Waals surface area contributed by atoms with Crippen LogP contribution < -0.4 is 0 Å². The molecular weight excluding hydrogens is 316 g/mol. The van der Waals surface area contributed by atoms with Crippen molar-refractivity contribution in [2.24, 2.45) is 5.92 Å². The van der Waals surface area contributed by atoms with E-state index < -0.39 is 0 Å². The lowest BCUT2D eigenvalue weighted by molar-refractivity contribution is -0.384. The van der Waals surface area contributed by atoms with Gasteiger partial charge in [-0.05, 0) is 50.9 Å². The van der Waals surface area contributed by atoms with Crippen LogP contribution in [0.3, 0.4) is 0 Å². The normalized spacial score (nSPS) is 16.5. The summed E-state index contributed by atoms with van der Waals surface area (Å²) in [6, 6.07) is 4.94. The maximum atomic E-state index is 11.0. The molecule has 136 valence electrons. The van der Waals surface area contributed by atoms with Crippen LogP contribution in [0.25, 0.3) is 10.9 Å². The zero-order valence-corrected chi connectivity index (χ0v) is 15.1. The Morgan fingerprint density at radius 2 is 2.04 bits per heavy atom. The smallest absolute Gasteiger partial charge is 0.271 e. The zero-order chi connectivity index (χ0) is 17.6. The van der Waals surface area contributed by atoms with Crippen LogP contribution in [0.1, 0.15) is 45.4 Å². The maximum Gasteiger partial charge on any atom is 0.271 e. The van der Waals surface area contributed by atoms with Crippen molar-refractivity contribution in [3.8, 4) is 0 Å². The number of aromatic nitrogens is 2. The first-order valence-corrected chi connectivity index (χ1v) is 9.49. The molecule has 1 aromatic carbocycles. The largest absolute Gasteiger partial charge is 0.303 e. The number of likely N-dealkylation sites (tertiary alicyclic amines) is 1. The van der Waals surface area contributed by atoms with E-state index in [1.165, 1.54) is 51.3 Å². The van der Waals surface area contributed by atoms with Gasteiger partial charge in [-0.15, -0.1) is 0 Å². The highest BCUT2D eigenvalue weighted by Crippen LogP contribution is 2.23. The van der Waals surface area contributed by atoms with Crippen LogP contribution in [0, 0.1) is 16.0 Å². The lowest BCUT2D eigenvalue weighted by Gasteiger charge is -2.32. The number of hydrogen-bond acceptors (Lipinski definition) is 4. The van der Waals surface area contributed by atoms with Crippen molar-refractivity contribution in [1.29, 1.82) is 0 Å². The summed E-state index contributed by atoms with van der Waals surface area (Å²) in [5.74, 6) is 0.923. The van der Waals surface area contributed by atoms with Gasteiger partial charge in [0.05, 0.1) is 16.6 Å². The molecule has 0 amide bonds. The molecule has 0 N–H and O–H groups in total. The van der Waals surface area contributed by atoms with Crippen LogP contribution in [0.5, 0.6) is 0 Å². The zero-order valence-electron chi connectivity index (χ0n) is 15.1. The first kappa shape index (κ1) is 17.9. The van der Waals surface area contributed by atoms with Crippen molar-refractivity contribution in [3.05, 3.63) is 34.5 Å². The van der Waals surface area contributed by atoms with E-state index in [-0.39, 0.29) is 10.6 Å². The number of nitrogens with zero attached hydrogens (tertiary/aromatic N) is 4. The number of benzene rings is 1. The van der Waals surface area contributed by atoms with Crippen molar-refractivity contribution in [2.45, 2.75) is 52.0 Å². The molecule has 0 aliphatic carbocycles. The predicted octanol–water partition coefficient (Wildman–Crippen LogP) is 4.24. The van der Waals surface area contributed by atoms with Gasteiger partial charge in [0.1, 0.15) is 0 Å². The molecule has 1 aliphatic rings. The molecule has 6 nitrogen and oxygen atoms in total. The molecule has 0 radical (unpaired) electrons. The van der Waals surface area contributed by atoms with Crippen molar-refractivity contribution < 1.29 is 4.92 Å². The third kappa shape index (κ3) is 4.57. The number of aryl methyl sites for hydroxylation is 1. The highest BCUT2D eigenvalue weighted by atomic mass is 16.6. The molecule has 25 heavy (non-hydrogen) atoms. The summed E-state index contributed by atoms with van der Waals surface area (Å²) in [4.78, 5) is 13.2. The minimum absolute atomic E-state index is 0.128. The Balaban J connectivity index is 1.49. The standard InChI is InChI=1S/C19H28N4O2/c1-2-3-5-16-8-12-21(13-9-16)10-4-11-22-19-14-18(23(24)25)7-6-17(19)15-20-22/h6-7,14-16H,2-5,8-13H2,1H3. The number of nitro benzene ring substituents is 1. The highest BCUT2D eigenvalue weighted by Gasteiger charge is 2.18. The monoisotopic (exact) mass is 344 g/mol. The van der Waals surface area contributed by atoms with E-state index in [4.69, 9.17) is 0 Å². The molecule has 2 aromatic rings. The van der Waals surface area contributed by atoms with E-state index in [1.807, 2.05) is 4.68 Å². The van der Waals surface area contributed by atoms with Gasteiger partial charge in [0.25, 0.3) is 5.69 Å². The van der Waals surface area contributed by atoms with Gasteiger partial charge in [0, 0.05) is 24.1 Å². The average Bonchev–Trinajstić information content (AvgIpc) is 3.03. The van der Waals surface area contributed by atoms with Crippen molar-refractivity contribution in [3.63, 3.8) is 0 Å². The summed E-state index contributed by atoms with van der Waals surface area (Å²) in [6.45, 7) is 6.57. The second-order valence-electron chi connectivity index (χ2n) is 7.15. The molecule has 0 spiro atoms. The van der Waals surface area contributed by atoms with Crippen LogP contribution in [0.4, 0.5) is 5.69 Å². The summed E-state index contributed by atoms with van der Waals surface area (Å²) in [5, 5.41) is 16.3. The van der Waals surface area contributed by atoms with E-state index in [0.717, 1.165) is 36.3 Å². The number of piperidine rings is 1. The van der Waals surface area contributed by atoms with Gasteiger partial charge in [0.15, 0.2) is 0 Å². The number of rotatable bonds is 8. The molecule has 3 rings (SSSR count). The quantitative estimate of drug-likeness (QED) is 0.531. The lowest BCUT2D eigenvalue weighted by atomic mass is 9.91. The summed E-state index contributed by atoms with van der Waals surface area (Å²) >= 11 is 0. The topological polar surface area (TPSA) is 64.2 Å². The van der Waals surface area contributed by atoms with Gasteiger partial charge in [-0.1, -0.05) is 26.2 Å². The van der Waals surface area contributed by atoms with Gasteiger partial charge in [-0.25, -0.2) is 0 Å². The second-order valence-corrected chi connectivity index (χ2v) is 7.15. The molecule has 1 aromatic heterocycles. The van der Waals surface area contributed by atoms with Gasteiger partial charge in [0.2, 0.25) is 0 Å². The number of hydrogen-bond donors (Lipinski definition) is 0. The number of fused-ring (bicyclic) bond motifs is 1. The molecule has 2 heterocycles. The molecule has 0 unspecified atom stereocenters. The third-order valence-electron chi connectivity index (χ3n) is 5.36. The fourth-order valence-corrected chi connectivity index (χ4v) is 3.79. The van der Waals surface area contributed by atoms with E-state index in [0.29, 0.717) is 0 Å². The SMILES string of the molecule is CCCCC1CCN(CCCn2ncc3ccc([N+](=O)[O-])cc32)CC1. The average molecular weight is 344 g/mol. The van der Waals surface area contributed by atoms with E-state index >= 15 is 0 Å². The van der Waals surface area contributed by atoms with Gasteiger partial charge < -0.3 is 4.90 Å². The summed E-state index contributed by atoms with van der Waals surface area (Å²) in [6.07, 6.45) is 9.53. The minimum atomic E-state index is -0.348. The van der Waals surface area contributed by atoms with E-state index in [1.54, 1.807) is 18.3 Å². The Morgan fingerprint density at radius 3 is 2.76 bits per heavy atom. The van der Waals surface area contributed by atoms with Crippen molar-refractivity contribution in [1.82, 2.24) is 14.7 Å². The molecular formula is C19H28N4O2. The molecule has 1 aliphatic heterocycles. The summed E-state index contributed by atoms with van der Waals surface area (Å²) < 4.78 is 1.90. The fourth-order valence-electron chi connectivity index (χ4n) is 3.79. The minimum Gasteiger partial charge on any atom is -0.303 e. The van der Waals surface area contributed by atoms with Gasteiger partial charge >= 0.3 is 0 Å². The molecule has 0 saturated carbocycles. The fraction of sp³-hybridized carbons (Fsp3) is 0.632. The summed E-state index contributed by atoms with van der Waals surface area (Å²) in [7, 11) is 0. The van der Waals surface area contributed by atoms with Crippen LogP contribution in [-0.4, -0.2) is 39.2 Å². The van der Waals surface area contributed by atoms with Gasteiger partial charge in [-0.3, -0.25) is 14.8 Å². The first-order valence-electron chi connectivity index (χ1n) is 9.49. The number of nitro groups is 1. The Morgan fingerprint density at radius 1 is 1.24 bits per heavy atom. The van der Waals surface area contributed by atoms with Crippen LogP contribution in [-0.2, 0) is 6.54 Å². The molecule has 1 saturated heterocycles. The Labute approximate surface area is 149 Å². The second kappa shape index (κ2) is 8.43. The van der Waals surface area contributed by atoms with Crippen LogP contribution >= 0.6 is 0 Å². The maximum absolute atomic E-state index is 11.0. The molecule has 0 bridgehead atoms. The van der Waals surface area contributed by atoms with Crippen molar-refractivity contribution in [2.75, 3.05) is 19.6 Å². The first-order chi connectivity index (χ1) is 12.2. The third-order valence-corrected chi connectivity index (χ3v) is 5.36. The van der Waals surface area contributed by atoms with Crippen LogP contribution in [0.15, 0.2) is 24.4 Å². The van der Waals surface area contributed by atoms with Crippen LogP contribution in [0.2, 0.25) is 0 Å². The Hall–Kier alpha value is -1.95. The number of unbranched alkanes of at least 4 members (excludes halogenated alkanes) is 1. The lowest BCUT2D eigenvalue weighted by Crippen LogP contribution is -2.34.